The molecule has 2 saturated heterocycles. The van der Waals surface area contributed by atoms with E-state index in [9.17, 15) is 4.79 Å². The third-order valence-electron chi connectivity index (χ3n) is 4.20. The first-order valence-electron chi connectivity index (χ1n) is 6.80. The Labute approximate surface area is 103 Å². The molecule has 0 aromatic heterocycles. The number of hydrogen-bond acceptors (Lipinski definition) is 3. The molecule has 3 unspecified atom stereocenters. The predicted octanol–water partition coefficient (Wildman–Crippen LogP) is 0.999. The lowest BCUT2D eigenvalue weighted by molar-refractivity contribution is -0.135. The van der Waals surface area contributed by atoms with Crippen LogP contribution in [0.4, 0.5) is 0 Å². The van der Waals surface area contributed by atoms with Gasteiger partial charge in [-0.1, -0.05) is 6.92 Å². The second-order valence-electron chi connectivity index (χ2n) is 5.44. The normalized spacial score (nSPS) is 34.0. The van der Waals surface area contributed by atoms with Crippen molar-refractivity contribution in [2.24, 2.45) is 17.6 Å². The molecule has 98 valence electrons. The topological polar surface area (TPSA) is 55.6 Å². The lowest BCUT2D eigenvalue weighted by Gasteiger charge is -2.37. The zero-order chi connectivity index (χ0) is 12.3. The Hall–Kier alpha value is -0.610. The van der Waals surface area contributed by atoms with E-state index in [0.717, 1.165) is 39.0 Å². The molecule has 1 amide bonds. The van der Waals surface area contributed by atoms with Gasteiger partial charge in [-0.05, 0) is 37.6 Å². The van der Waals surface area contributed by atoms with Crippen LogP contribution in [0.25, 0.3) is 0 Å². The summed E-state index contributed by atoms with van der Waals surface area (Å²) in [5, 5.41) is 0. The molecule has 2 aliphatic heterocycles. The maximum atomic E-state index is 12.1. The second-order valence-corrected chi connectivity index (χ2v) is 5.44. The van der Waals surface area contributed by atoms with E-state index in [2.05, 4.69) is 6.92 Å². The highest BCUT2D eigenvalue weighted by Gasteiger charge is 2.29. The number of amides is 1. The fraction of sp³-hybridized carbons (Fsp3) is 0.923. The highest BCUT2D eigenvalue weighted by atomic mass is 16.5. The summed E-state index contributed by atoms with van der Waals surface area (Å²) < 4.78 is 5.52. The molecule has 2 aliphatic rings. The first-order chi connectivity index (χ1) is 8.20. The molecule has 0 saturated carbocycles. The summed E-state index contributed by atoms with van der Waals surface area (Å²) in [5.41, 5.74) is 5.76. The standard InChI is InChI=1S/C13H24N2O2/c1-10-4-5-15(9-11(10)8-14)13(16)7-12-3-2-6-17-12/h10-12H,2-9,14H2,1H3. The van der Waals surface area contributed by atoms with Gasteiger partial charge in [0.05, 0.1) is 12.5 Å². The van der Waals surface area contributed by atoms with E-state index in [1.54, 1.807) is 0 Å². The van der Waals surface area contributed by atoms with E-state index in [0.29, 0.717) is 24.8 Å². The Kier molecular flexibility index (Phi) is 4.40. The minimum absolute atomic E-state index is 0.165. The van der Waals surface area contributed by atoms with Crippen LogP contribution in [-0.2, 0) is 9.53 Å². The van der Waals surface area contributed by atoms with Gasteiger partial charge in [0.2, 0.25) is 5.91 Å². The van der Waals surface area contributed by atoms with Gasteiger partial charge in [-0.25, -0.2) is 0 Å². The van der Waals surface area contributed by atoms with Crippen molar-refractivity contribution >= 4 is 5.91 Å². The van der Waals surface area contributed by atoms with E-state index >= 15 is 0 Å². The van der Waals surface area contributed by atoms with E-state index in [1.807, 2.05) is 4.90 Å². The number of rotatable bonds is 3. The van der Waals surface area contributed by atoms with Crippen LogP contribution in [0.5, 0.6) is 0 Å². The van der Waals surface area contributed by atoms with Crippen LogP contribution in [-0.4, -0.2) is 43.2 Å². The summed E-state index contributed by atoms with van der Waals surface area (Å²) in [6.45, 7) is 5.47. The summed E-state index contributed by atoms with van der Waals surface area (Å²) in [5.74, 6) is 1.37. The highest BCUT2D eigenvalue weighted by molar-refractivity contribution is 5.76. The van der Waals surface area contributed by atoms with Gasteiger partial charge >= 0.3 is 0 Å². The molecule has 2 heterocycles. The number of hydrogen-bond donors (Lipinski definition) is 1. The van der Waals surface area contributed by atoms with Gasteiger partial charge < -0.3 is 15.4 Å². The fourth-order valence-corrected chi connectivity index (χ4v) is 2.81. The number of piperidine rings is 1. The molecule has 0 spiro atoms. The summed E-state index contributed by atoms with van der Waals surface area (Å²) in [7, 11) is 0. The molecule has 2 N–H and O–H groups in total. The van der Waals surface area contributed by atoms with Crippen molar-refractivity contribution in [3.05, 3.63) is 0 Å². The first-order valence-corrected chi connectivity index (χ1v) is 6.80. The molecule has 0 aromatic rings. The number of nitrogens with zero attached hydrogens (tertiary/aromatic N) is 1. The third-order valence-corrected chi connectivity index (χ3v) is 4.20. The zero-order valence-electron chi connectivity index (χ0n) is 10.7. The maximum Gasteiger partial charge on any atom is 0.225 e. The van der Waals surface area contributed by atoms with Crippen molar-refractivity contribution in [2.75, 3.05) is 26.2 Å². The van der Waals surface area contributed by atoms with Gasteiger partial charge in [0, 0.05) is 19.7 Å². The Balaban J connectivity index is 1.82. The molecule has 4 nitrogen and oxygen atoms in total. The highest BCUT2D eigenvalue weighted by Crippen LogP contribution is 2.24. The zero-order valence-corrected chi connectivity index (χ0v) is 10.7. The van der Waals surface area contributed by atoms with E-state index in [4.69, 9.17) is 10.5 Å². The molecule has 3 atom stereocenters. The van der Waals surface area contributed by atoms with Crippen molar-refractivity contribution < 1.29 is 9.53 Å². The van der Waals surface area contributed by atoms with Crippen molar-refractivity contribution in [3.8, 4) is 0 Å². The second kappa shape index (κ2) is 5.83. The minimum Gasteiger partial charge on any atom is -0.378 e. The van der Waals surface area contributed by atoms with Gasteiger partial charge in [-0.3, -0.25) is 4.79 Å². The monoisotopic (exact) mass is 240 g/mol. The Morgan fingerprint density at radius 3 is 2.94 bits per heavy atom. The number of likely N-dealkylation sites (tertiary alicyclic amines) is 1. The lowest BCUT2D eigenvalue weighted by Crippen LogP contribution is -2.46. The average Bonchev–Trinajstić information content (AvgIpc) is 2.82. The van der Waals surface area contributed by atoms with Crippen LogP contribution in [0.1, 0.15) is 32.6 Å². The first kappa shape index (κ1) is 12.8. The van der Waals surface area contributed by atoms with Gasteiger partial charge in [0.25, 0.3) is 0 Å². The van der Waals surface area contributed by atoms with Gasteiger partial charge in [0.1, 0.15) is 0 Å². The van der Waals surface area contributed by atoms with Crippen LogP contribution in [0, 0.1) is 11.8 Å². The van der Waals surface area contributed by atoms with Crippen LogP contribution in [0.3, 0.4) is 0 Å². The molecule has 0 radical (unpaired) electrons. The molecular formula is C13H24N2O2. The van der Waals surface area contributed by atoms with Crippen molar-refractivity contribution in [3.63, 3.8) is 0 Å². The number of carbonyl (C=O) groups is 1. The van der Waals surface area contributed by atoms with E-state index in [1.165, 1.54) is 0 Å². The van der Waals surface area contributed by atoms with Crippen molar-refractivity contribution in [1.29, 1.82) is 0 Å². The van der Waals surface area contributed by atoms with Crippen molar-refractivity contribution in [1.82, 2.24) is 4.90 Å². The largest absolute Gasteiger partial charge is 0.378 e. The Bertz CT molecular complexity index is 264. The fourth-order valence-electron chi connectivity index (χ4n) is 2.81. The van der Waals surface area contributed by atoms with Gasteiger partial charge in [-0.2, -0.15) is 0 Å². The third kappa shape index (κ3) is 3.19. The van der Waals surface area contributed by atoms with Gasteiger partial charge in [0.15, 0.2) is 0 Å². The SMILES string of the molecule is CC1CCN(C(=O)CC2CCCO2)CC1CN. The molecule has 2 fully saturated rings. The molecule has 2 rings (SSSR count). The smallest absolute Gasteiger partial charge is 0.225 e. The Morgan fingerprint density at radius 1 is 1.47 bits per heavy atom. The molecule has 0 aromatic carbocycles. The molecule has 17 heavy (non-hydrogen) atoms. The molecule has 0 bridgehead atoms. The van der Waals surface area contributed by atoms with E-state index < -0.39 is 0 Å². The molecule has 4 heteroatoms. The van der Waals surface area contributed by atoms with Crippen LogP contribution < -0.4 is 5.73 Å². The van der Waals surface area contributed by atoms with Crippen LogP contribution >= 0.6 is 0 Å². The maximum absolute atomic E-state index is 12.1. The quantitative estimate of drug-likeness (QED) is 0.800. The summed E-state index contributed by atoms with van der Waals surface area (Å²) in [6, 6.07) is 0. The predicted molar refractivity (Wildman–Crippen MR) is 66.5 cm³/mol. The van der Waals surface area contributed by atoms with Crippen LogP contribution in [0.2, 0.25) is 0 Å². The summed E-state index contributed by atoms with van der Waals surface area (Å²) >= 11 is 0. The van der Waals surface area contributed by atoms with Crippen LogP contribution in [0.15, 0.2) is 0 Å². The lowest BCUT2D eigenvalue weighted by atomic mass is 9.87. The Morgan fingerprint density at radius 2 is 2.29 bits per heavy atom. The number of nitrogens with two attached hydrogens (primary N) is 1. The van der Waals surface area contributed by atoms with Crippen molar-refractivity contribution in [2.45, 2.75) is 38.7 Å². The molecular weight excluding hydrogens is 216 g/mol. The van der Waals surface area contributed by atoms with Gasteiger partial charge in [-0.15, -0.1) is 0 Å². The average molecular weight is 240 g/mol. The minimum atomic E-state index is 0.165. The summed E-state index contributed by atoms with van der Waals surface area (Å²) in [6.07, 6.45) is 3.94. The number of carbonyl (C=O) groups excluding carboxylic acids is 1. The number of ether oxygens (including phenoxy) is 1. The summed E-state index contributed by atoms with van der Waals surface area (Å²) in [4.78, 5) is 14.1. The molecule has 0 aliphatic carbocycles. The van der Waals surface area contributed by atoms with E-state index in [-0.39, 0.29) is 12.0 Å².